The third kappa shape index (κ3) is 4.66. The lowest BCUT2D eigenvalue weighted by atomic mass is 9.89. The van der Waals surface area contributed by atoms with Crippen molar-refractivity contribution in [1.82, 2.24) is 0 Å². The molecular weight excluding hydrogens is 272 g/mol. The molecule has 2 rings (SSSR count). The molecule has 5 nitrogen and oxygen atoms in total. The van der Waals surface area contributed by atoms with Gasteiger partial charge in [0.15, 0.2) is 6.29 Å². The average molecular weight is 300 g/mol. The van der Waals surface area contributed by atoms with Gasteiger partial charge in [0.2, 0.25) is 0 Å². The van der Waals surface area contributed by atoms with Crippen molar-refractivity contribution in [2.75, 3.05) is 6.61 Å². The van der Waals surface area contributed by atoms with E-state index in [1.807, 2.05) is 0 Å². The number of ether oxygens (including phenoxy) is 3. The number of carboxylic acid groups (broad SMARTS) is 1. The highest BCUT2D eigenvalue weighted by Gasteiger charge is 2.40. The molecule has 5 unspecified atom stereocenters. The van der Waals surface area contributed by atoms with E-state index in [0.29, 0.717) is 6.61 Å². The van der Waals surface area contributed by atoms with Crippen molar-refractivity contribution in [1.29, 1.82) is 0 Å². The van der Waals surface area contributed by atoms with Gasteiger partial charge in [0.1, 0.15) is 0 Å². The third-order valence-corrected chi connectivity index (χ3v) is 4.56. The fraction of sp³-hybridized carbons (Fsp3) is 0.938. The van der Waals surface area contributed by atoms with Crippen molar-refractivity contribution in [2.45, 2.75) is 83.4 Å². The Morgan fingerprint density at radius 2 is 2.14 bits per heavy atom. The molecule has 1 N–H and O–H groups in total. The first-order valence-electron chi connectivity index (χ1n) is 8.28. The summed E-state index contributed by atoms with van der Waals surface area (Å²) in [5.74, 6) is -0.660. The maximum atomic E-state index is 11.2. The van der Waals surface area contributed by atoms with Crippen molar-refractivity contribution >= 4 is 5.97 Å². The Kier molecular flexibility index (Phi) is 6.45. The molecule has 5 atom stereocenters. The molecule has 2 saturated heterocycles. The van der Waals surface area contributed by atoms with Gasteiger partial charge in [-0.3, -0.25) is 4.79 Å². The van der Waals surface area contributed by atoms with E-state index in [2.05, 4.69) is 13.8 Å². The second-order valence-electron chi connectivity index (χ2n) is 6.08. The van der Waals surface area contributed by atoms with E-state index < -0.39 is 5.97 Å². The van der Waals surface area contributed by atoms with Crippen LogP contribution in [0.3, 0.4) is 0 Å². The minimum Gasteiger partial charge on any atom is -0.481 e. The van der Waals surface area contributed by atoms with Crippen LogP contribution in [0.4, 0.5) is 0 Å². The maximum Gasteiger partial charge on any atom is 0.305 e. The van der Waals surface area contributed by atoms with E-state index in [1.54, 1.807) is 0 Å². The SMILES string of the molecule is CCC1CC(C(CC(=O)O)OC2CCCCO2)C(CC)O1. The van der Waals surface area contributed by atoms with Gasteiger partial charge in [-0.2, -0.15) is 0 Å². The van der Waals surface area contributed by atoms with Crippen LogP contribution in [0, 0.1) is 5.92 Å². The van der Waals surface area contributed by atoms with E-state index >= 15 is 0 Å². The number of hydrogen-bond donors (Lipinski definition) is 1. The molecule has 2 aliphatic rings. The Morgan fingerprint density at radius 3 is 2.71 bits per heavy atom. The van der Waals surface area contributed by atoms with Gasteiger partial charge in [-0.25, -0.2) is 0 Å². The van der Waals surface area contributed by atoms with Crippen molar-refractivity contribution < 1.29 is 24.1 Å². The monoisotopic (exact) mass is 300 g/mol. The molecule has 2 fully saturated rings. The zero-order chi connectivity index (χ0) is 15.2. The lowest BCUT2D eigenvalue weighted by Crippen LogP contribution is -2.37. The van der Waals surface area contributed by atoms with Gasteiger partial charge < -0.3 is 19.3 Å². The highest BCUT2D eigenvalue weighted by atomic mass is 16.7. The Bertz CT molecular complexity index is 327. The number of rotatable bonds is 7. The molecule has 0 aromatic rings. The molecule has 0 aromatic heterocycles. The largest absolute Gasteiger partial charge is 0.481 e. The molecule has 0 bridgehead atoms. The van der Waals surface area contributed by atoms with E-state index in [9.17, 15) is 9.90 Å². The first-order valence-corrected chi connectivity index (χ1v) is 8.28. The van der Waals surface area contributed by atoms with E-state index in [-0.39, 0.29) is 36.9 Å². The zero-order valence-corrected chi connectivity index (χ0v) is 13.1. The third-order valence-electron chi connectivity index (χ3n) is 4.56. The van der Waals surface area contributed by atoms with Crippen molar-refractivity contribution in [3.05, 3.63) is 0 Å². The fourth-order valence-electron chi connectivity index (χ4n) is 3.40. The minimum atomic E-state index is -0.814. The molecule has 0 aromatic carbocycles. The summed E-state index contributed by atoms with van der Waals surface area (Å²) in [4.78, 5) is 11.2. The molecule has 21 heavy (non-hydrogen) atoms. The number of hydrogen-bond acceptors (Lipinski definition) is 4. The molecule has 0 radical (unpaired) electrons. The topological polar surface area (TPSA) is 65.0 Å². The molecular formula is C16H28O5. The van der Waals surface area contributed by atoms with Crippen LogP contribution < -0.4 is 0 Å². The molecule has 5 heteroatoms. The summed E-state index contributed by atoms with van der Waals surface area (Å²) in [5.41, 5.74) is 0. The van der Waals surface area contributed by atoms with Gasteiger partial charge in [0.25, 0.3) is 0 Å². The first kappa shape index (κ1) is 16.7. The summed E-state index contributed by atoms with van der Waals surface area (Å²) < 4.78 is 17.7. The van der Waals surface area contributed by atoms with E-state index in [1.165, 1.54) is 0 Å². The predicted molar refractivity (Wildman–Crippen MR) is 78.1 cm³/mol. The lowest BCUT2D eigenvalue weighted by molar-refractivity contribution is -0.205. The van der Waals surface area contributed by atoms with Gasteiger partial charge in [-0.15, -0.1) is 0 Å². The summed E-state index contributed by atoms with van der Waals surface area (Å²) in [7, 11) is 0. The van der Waals surface area contributed by atoms with E-state index in [0.717, 1.165) is 38.5 Å². The average Bonchev–Trinajstić information content (AvgIpc) is 2.90. The van der Waals surface area contributed by atoms with Crippen LogP contribution in [0.5, 0.6) is 0 Å². The van der Waals surface area contributed by atoms with Gasteiger partial charge in [0.05, 0.1) is 24.7 Å². The minimum absolute atomic E-state index is 0.0286. The first-order chi connectivity index (χ1) is 10.1. The van der Waals surface area contributed by atoms with Crippen LogP contribution in [0.25, 0.3) is 0 Å². The van der Waals surface area contributed by atoms with Crippen molar-refractivity contribution in [3.63, 3.8) is 0 Å². The molecule has 0 aliphatic carbocycles. The summed E-state index contributed by atoms with van der Waals surface area (Å²) in [6, 6.07) is 0. The standard InChI is InChI=1S/C16H28O5/c1-3-11-9-12(13(4-2)20-11)14(10-15(17)18)21-16-7-5-6-8-19-16/h11-14,16H,3-10H2,1-2H3,(H,17,18). The highest BCUT2D eigenvalue weighted by molar-refractivity contribution is 5.67. The summed E-state index contributed by atoms with van der Waals surface area (Å²) in [6.45, 7) is 4.90. The quantitative estimate of drug-likeness (QED) is 0.783. The molecule has 0 saturated carbocycles. The number of aliphatic carboxylic acids is 1. The van der Waals surface area contributed by atoms with Crippen LogP contribution in [-0.4, -0.2) is 42.3 Å². The Morgan fingerprint density at radius 1 is 1.33 bits per heavy atom. The lowest BCUT2D eigenvalue weighted by Gasteiger charge is -2.31. The summed E-state index contributed by atoms with van der Waals surface area (Å²) in [6.07, 6.45) is 5.55. The maximum absolute atomic E-state index is 11.2. The van der Waals surface area contributed by atoms with Gasteiger partial charge in [-0.1, -0.05) is 13.8 Å². The fourth-order valence-corrected chi connectivity index (χ4v) is 3.40. The molecule has 2 heterocycles. The zero-order valence-electron chi connectivity index (χ0n) is 13.1. The van der Waals surface area contributed by atoms with Gasteiger partial charge >= 0.3 is 5.97 Å². The summed E-state index contributed by atoms with van der Waals surface area (Å²) in [5, 5.41) is 9.19. The summed E-state index contributed by atoms with van der Waals surface area (Å²) >= 11 is 0. The normalized spacial score (nSPS) is 34.8. The molecule has 122 valence electrons. The van der Waals surface area contributed by atoms with Crippen LogP contribution >= 0.6 is 0 Å². The van der Waals surface area contributed by atoms with Crippen LogP contribution in [0.2, 0.25) is 0 Å². The number of carboxylic acids is 1. The van der Waals surface area contributed by atoms with Crippen LogP contribution in [0.15, 0.2) is 0 Å². The van der Waals surface area contributed by atoms with Crippen molar-refractivity contribution in [3.8, 4) is 0 Å². The predicted octanol–water partition coefficient (Wildman–Crippen LogP) is 2.97. The second-order valence-corrected chi connectivity index (χ2v) is 6.08. The van der Waals surface area contributed by atoms with Crippen LogP contribution in [0.1, 0.15) is 58.8 Å². The van der Waals surface area contributed by atoms with Gasteiger partial charge in [0, 0.05) is 12.5 Å². The van der Waals surface area contributed by atoms with Crippen molar-refractivity contribution in [2.24, 2.45) is 5.92 Å². The molecule has 0 amide bonds. The smallest absolute Gasteiger partial charge is 0.305 e. The molecule has 0 spiro atoms. The van der Waals surface area contributed by atoms with Crippen LogP contribution in [-0.2, 0) is 19.0 Å². The Labute approximate surface area is 126 Å². The van der Waals surface area contributed by atoms with Gasteiger partial charge in [-0.05, 0) is 38.5 Å². The Balaban J connectivity index is 2.01. The number of carbonyl (C=O) groups is 1. The van der Waals surface area contributed by atoms with E-state index in [4.69, 9.17) is 14.2 Å². The highest BCUT2D eigenvalue weighted by Crippen LogP contribution is 2.36. The Hall–Kier alpha value is -0.650. The molecule has 2 aliphatic heterocycles. The second kappa shape index (κ2) is 8.11.